The summed E-state index contributed by atoms with van der Waals surface area (Å²) in [5, 5.41) is 9.08. The van der Waals surface area contributed by atoms with Gasteiger partial charge in [-0.05, 0) is 66.2 Å². The van der Waals surface area contributed by atoms with Crippen LogP contribution in [0, 0.1) is 0 Å². The van der Waals surface area contributed by atoms with Gasteiger partial charge >= 0.3 is 5.97 Å². The highest BCUT2D eigenvalue weighted by Crippen LogP contribution is 2.41. The van der Waals surface area contributed by atoms with E-state index >= 15 is 0 Å². The first-order valence-corrected chi connectivity index (χ1v) is 13.3. The number of rotatable bonds is 12. The van der Waals surface area contributed by atoms with Crippen LogP contribution >= 0.6 is 34.7 Å². The van der Waals surface area contributed by atoms with E-state index in [2.05, 4.69) is 0 Å². The summed E-state index contributed by atoms with van der Waals surface area (Å²) >= 11 is 9.48. The number of ether oxygens (including phenoxy) is 4. The number of thiazole rings is 1. The predicted molar refractivity (Wildman–Crippen MR) is 147 cm³/mol. The van der Waals surface area contributed by atoms with Gasteiger partial charge in [0, 0.05) is 17.4 Å². The third-order valence-electron chi connectivity index (χ3n) is 5.16. The monoisotopic (exact) mass is 557 g/mol. The van der Waals surface area contributed by atoms with Crippen molar-refractivity contribution in [2.24, 2.45) is 0 Å². The molecule has 0 aliphatic heterocycles. The van der Waals surface area contributed by atoms with E-state index in [1.807, 2.05) is 48.5 Å². The van der Waals surface area contributed by atoms with E-state index < -0.39 is 12.6 Å². The van der Waals surface area contributed by atoms with Crippen LogP contribution in [0.4, 0.5) is 0 Å². The number of aliphatic carboxylic acids is 1. The van der Waals surface area contributed by atoms with Crippen molar-refractivity contribution in [2.75, 3.05) is 33.2 Å². The highest BCUT2D eigenvalue weighted by Gasteiger charge is 2.16. The van der Waals surface area contributed by atoms with Crippen LogP contribution in [0.25, 0.3) is 21.7 Å². The van der Waals surface area contributed by atoms with Gasteiger partial charge in [-0.15, -0.1) is 11.3 Å². The molecule has 3 aromatic carbocycles. The van der Waals surface area contributed by atoms with Crippen LogP contribution in [-0.2, 0) is 4.79 Å². The van der Waals surface area contributed by atoms with Crippen LogP contribution in [0.2, 0.25) is 5.02 Å². The number of carboxylic acid groups (broad SMARTS) is 1. The number of thioether (sulfide) groups is 1. The van der Waals surface area contributed by atoms with E-state index in [0.29, 0.717) is 28.9 Å². The Balaban J connectivity index is 1.45. The fourth-order valence-electron chi connectivity index (χ4n) is 3.36. The number of nitrogens with zero attached hydrogens (tertiary/aromatic N) is 1. The van der Waals surface area contributed by atoms with Gasteiger partial charge in [-0.25, -0.2) is 9.78 Å². The van der Waals surface area contributed by atoms with Crippen LogP contribution < -0.4 is 18.9 Å². The van der Waals surface area contributed by atoms with Gasteiger partial charge in [-0.2, -0.15) is 0 Å². The largest absolute Gasteiger partial charge is 0.497 e. The lowest BCUT2D eigenvalue weighted by molar-refractivity contribution is -0.139. The lowest BCUT2D eigenvalue weighted by Gasteiger charge is -2.09. The molecule has 0 saturated heterocycles. The lowest BCUT2D eigenvalue weighted by Crippen LogP contribution is -2.09. The van der Waals surface area contributed by atoms with Gasteiger partial charge in [0.1, 0.15) is 23.0 Å². The maximum absolute atomic E-state index is 10.7. The molecule has 0 saturated carbocycles. The maximum Gasteiger partial charge on any atom is 0.341 e. The van der Waals surface area contributed by atoms with Crippen molar-refractivity contribution < 1.29 is 28.8 Å². The molecule has 0 radical (unpaired) electrons. The van der Waals surface area contributed by atoms with Gasteiger partial charge < -0.3 is 24.1 Å². The summed E-state index contributed by atoms with van der Waals surface area (Å²) in [6.07, 6.45) is 0. The first-order valence-electron chi connectivity index (χ1n) is 11.2. The zero-order chi connectivity index (χ0) is 26.2. The van der Waals surface area contributed by atoms with Crippen molar-refractivity contribution in [1.29, 1.82) is 0 Å². The minimum absolute atomic E-state index is 0.353. The molecule has 4 aromatic rings. The van der Waals surface area contributed by atoms with Gasteiger partial charge in [0.25, 0.3) is 0 Å². The number of methoxy groups -OCH3 is 2. The molecule has 1 aromatic heterocycles. The van der Waals surface area contributed by atoms with Crippen molar-refractivity contribution in [3.8, 4) is 44.7 Å². The van der Waals surface area contributed by atoms with Crippen molar-refractivity contribution in [2.45, 2.75) is 4.34 Å². The number of aromatic nitrogens is 1. The zero-order valence-corrected chi connectivity index (χ0v) is 22.5. The van der Waals surface area contributed by atoms with E-state index in [0.717, 1.165) is 37.5 Å². The summed E-state index contributed by atoms with van der Waals surface area (Å²) < 4.78 is 22.5. The second kappa shape index (κ2) is 12.7. The molecule has 1 heterocycles. The Morgan fingerprint density at radius 2 is 1.54 bits per heavy atom. The van der Waals surface area contributed by atoms with Gasteiger partial charge in [0.2, 0.25) is 0 Å². The Morgan fingerprint density at radius 3 is 2.14 bits per heavy atom. The summed E-state index contributed by atoms with van der Waals surface area (Å²) in [6, 6.07) is 20.6. The van der Waals surface area contributed by atoms with Gasteiger partial charge in [0.15, 0.2) is 10.9 Å². The second-order valence-electron chi connectivity index (χ2n) is 7.59. The first kappa shape index (κ1) is 26.7. The van der Waals surface area contributed by atoms with E-state index in [-0.39, 0.29) is 0 Å². The number of halogens is 1. The lowest BCUT2D eigenvalue weighted by atomic mass is 10.1. The number of carbonyl (C=O) groups is 1. The van der Waals surface area contributed by atoms with Crippen LogP contribution in [0.5, 0.6) is 23.0 Å². The fraction of sp³-hybridized carbons (Fsp3) is 0.185. The molecule has 0 spiro atoms. The topological polar surface area (TPSA) is 87.1 Å². The Morgan fingerprint density at radius 1 is 0.919 bits per heavy atom. The molecule has 0 aliphatic carbocycles. The smallest absolute Gasteiger partial charge is 0.341 e. The Kier molecular flexibility index (Phi) is 9.16. The fourth-order valence-corrected chi connectivity index (χ4v) is 5.64. The molecule has 1 N–H and O–H groups in total. The molecular formula is C27H24ClNO6S2. The van der Waals surface area contributed by atoms with E-state index in [1.165, 1.54) is 6.07 Å². The summed E-state index contributed by atoms with van der Waals surface area (Å²) in [5.74, 6) is 2.06. The quantitative estimate of drug-likeness (QED) is 0.151. The normalized spacial score (nSPS) is 10.7. The van der Waals surface area contributed by atoms with Crippen molar-refractivity contribution >= 4 is 40.7 Å². The van der Waals surface area contributed by atoms with E-state index in [4.69, 9.17) is 40.6 Å². The zero-order valence-electron chi connectivity index (χ0n) is 20.1. The second-order valence-corrected chi connectivity index (χ2v) is 10.3. The molecule has 0 bridgehead atoms. The third-order valence-corrected chi connectivity index (χ3v) is 7.66. The van der Waals surface area contributed by atoms with E-state index in [9.17, 15) is 4.79 Å². The summed E-state index contributed by atoms with van der Waals surface area (Å²) in [4.78, 5) is 16.6. The number of hydrogen-bond acceptors (Lipinski definition) is 8. The SMILES string of the molecule is COc1ccc(-c2nc(SCCOc3ccc(OCC(=O)O)cc3Cl)sc2-c2ccc(OC)cc2)cc1. The molecule has 4 rings (SSSR count). The highest BCUT2D eigenvalue weighted by molar-refractivity contribution is 8.01. The minimum Gasteiger partial charge on any atom is -0.497 e. The standard InChI is InChI=1S/C27H24ClNO6S2/c1-32-19-7-3-17(4-8-19)25-26(18-5-9-20(33-2)10-6-18)37-27(29-25)36-14-13-34-23-12-11-21(15-22(23)28)35-16-24(30)31/h3-12,15H,13-14,16H2,1-2H3,(H,30,31). The van der Waals surface area contributed by atoms with Crippen molar-refractivity contribution in [3.05, 3.63) is 71.8 Å². The van der Waals surface area contributed by atoms with Crippen LogP contribution in [-0.4, -0.2) is 49.2 Å². The Bertz CT molecular complexity index is 1280. The summed E-state index contributed by atoms with van der Waals surface area (Å²) in [6.45, 7) is -0.0208. The molecule has 0 atom stereocenters. The number of hydrogen-bond donors (Lipinski definition) is 1. The Labute approximate surface area is 227 Å². The molecule has 0 unspecified atom stereocenters. The van der Waals surface area contributed by atoms with Crippen LogP contribution in [0.3, 0.4) is 0 Å². The molecule has 37 heavy (non-hydrogen) atoms. The first-order chi connectivity index (χ1) is 18.0. The van der Waals surface area contributed by atoms with Crippen molar-refractivity contribution in [1.82, 2.24) is 4.98 Å². The van der Waals surface area contributed by atoms with E-state index in [1.54, 1.807) is 49.5 Å². The molecule has 0 aliphatic rings. The van der Waals surface area contributed by atoms with Crippen LogP contribution in [0.15, 0.2) is 71.1 Å². The van der Waals surface area contributed by atoms with Gasteiger partial charge in [0.05, 0.1) is 36.4 Å². The average molecular weight is 558 g/mol. The molecule has 7 nitrogen and oxygen atoms in total. The van der Waals surface area contributed by atoms with Crippen molar-refractivity contribution in [3.63, 3.8) is 0 Å². The predicted octanol–water partition coefficient (Wildman–Crippen LogP) is 6.78. The van der Waals surface area contributed by atoms with Gasteiger partial charge in [-0.1, -0.05) is 23.4 Å². The number of benzene rings is 3. The third kappa shape index (κ3) is 7.09. The maximum atomic E-state index is 10.7. The number of carboxylic acids is 1. The molecule has 0 fully saturated rings. The van der Waals surface area contributed by atoms with Crippen LogP contribution in [0.1, 0.15) is 0 Å². The molecule has 0 amide bonds. The molecular weight excluding hydrogens is 534 g/mol. The van der Waals surface area contributed by atoms with Gasteiger partial charge in [-0.3, -0.25) is 0 Å². The average Bonchev–Trinajstić information content (AvgIpc) is 3.35. The Hall–Kier alpha value is -3.40. The summed E-state index contributed by atoms with van der Waals surface area (Å²) in [7, 11) is 3.29. The highest BCUT2D eigenvalue weighted by atomic mass is 35.5. The minimum atomic E-state index is -1.05. The molecule has 10 heteroatoms. The summed E-state index contributed by atoms with van der Waals surface area (Å²) in [5.41, 5.74) is 2.97. The molecule has 192 valence electrons.